The molecule has 34 heavy (non-hydrogen) atoms. The summed E-state index contributed by atoms with van der Waals surface area (Å²) >= 11 is 1.50. The molecule has 3 atom stereocenters. The molecule has 9 nitrogen and oxygen atoms in total. The highest BCUT2D eigenvalue weighted by atomic mass is 32.1. The minimum atomic E-state index is -0.216. The van der Waals surface area contributed by atoms with Gasteiger partial charge in [-0.3, -0.25) is 9.69 Å². The lowest BCUT2D eigenvalue weighted by atomic mass is 9.85. The van der Waals surface area contributed by atoms with Crippen molar-refractivity contribution in [1.82, 2.24) is 19.4 Å². The van der Waals surface area contributed by atoms with Gasteiger partial charge in [0.25, 0.3) is 0 Å². The maximum Gasteiger partial charge on any atom is 0.324 e. The van der Waals surface area contributed by atoms with Crippen molar-refractivity contribution < 1.29 is 14.1 Å². The van der Waals surface area contributed by atoms with Gasteiger partial charge in [-0.1, -0.05) is 5.16 Å². The van der Waals surface area contributed by atoms with Crippen molar-refractivity contribution in [3.63, 3.8) is 0 Å². The number of anilines is 1. The number of hydrogen-bond acceptors (Lipinski definition) is 9. The predicted octanol–water partition coefficient (Wildman–Crippen LogP) is 3.18. The second-order valence-electron chi connectivity index (χ2n) is 9.26. The molecule has 2 aliphatic rings. The molecule has 2 N–H and O–H groups in total. The zero-order valence-electron chi connectivity index (χ0n) is 19.3. The fraction of sp³-hybridized carbons (Fsp3) is 0.500. The van der Waals surface area contributed by atoms with Crippen LogP contribution in [0.4, 0.5) is 6.01 Å². The van der Waals surface area contributed by atoms with Crippen LogP contribution in [0.5, 0.6) is 5.75 Å². The maximum atomic E-state index is 12.0. The van der Waals surface area contributed by atoms with Crippen LogP contribution in [0.2, 0.25) is 0 Å². The molecule has 0 bridgehead atoms. The molecule has 3 unspecified atom stereocenters. The predicted molar refractivity (Wildman–Crippen MR) is 129 cm³/mol. The van der Waals surface area contributed by atoms with Crippen LogP contribution >= 0.6 is 11.5 Å². The standard InChI is InChI=1S/C24H30N6O3S/c1-32-21-4-2-18(3-5-21)23-27-24(33-28-23)30-9-7-19(22(25)31)11-20(30)10-16-6-8-29(13-16)14-17-12-26-34-15-17/h2-5,12,15-16,19-20H,6-11,13-14H2,1H3,(H2,25,31). The highest BCUT2D eigenvalue weighted by Gasteiger charge is 2.36. The van der Waals surface area contributed by atoms with Gasteiger partial charge in [-0.15, -0.1) is 0 Å². The summed E-state index contributed by atoms with van der Waals surface area (Å²) in [5, 5.41) is 6.33. The summed E-state index contributed by atoms with van der Waals surface area (Å²) in [6.07, 6.45) is 5.50. The number of nitrogens with zero attached hydrogens (tertiary/aromatic N) is 5. The Morgan fingerprint density at radius 1 is 1.26 bits per heavy atom. The number of aromatic nitrogens is 3. The van der Waals surface area contributed by atoms with Gasteiger partial charge in [-0.05, 0) is 79.5 Å². The summed E-state index contributed by atoms with van der Waals surface area (Å²) < 4.78 is 15.1. The molecule has 2 aliphatic heterocycles. The molecule has 2 fully saturated rings. The fourth-order valence-electron chi connectivity index (χ4n) is 5.17. The van der Waals surface area contributed by atoms with E-state index in [1.165, 1.54) is 17.1 Å². The Labute approximate surface area is 203 Å². The second-order valence-corrected chi connectivity index (χ2v) is 9.92. The third kappa shape index (κ3) is 5.07. The molecule has 0 saturated carbocycles. The number of likely N-dealkylation sites (tertiary alicyclic amines) is 1. The number of primary amides is 1. The first-order valence-electron chi connectivity index (χ1n) is 11.7. The molecule has 10 heteroatoms. The molecule has 0 radical (unpaired) electrons. The van der Waals surface area contributed by atoms with Gasteiger partial charge in [0.2, 0.25) is 11.7 Å². The second kappa shape index (κ2) is 10.1. The lowest BCUT2D eigenvalue weighted by Gasteiger charge is -2.38. The van der Waals surface area contributed by atoms with E-state index >= 15 is 0 Å². The van der Waals surface area contributed by atoms with E-state index in [1.807, 2.05) is 30.5 Å². The number of carbonyl (C=O) groups excluding carboxylic acids is 1. The van der Waals surface area contributed by atoms with Crippen LogP contribution in [-0.4, -0.2) is 58.1 Å². The molecule has 180 valence electrons. The van der Waals surface area contributed by atoms with Crippen LogP contribution in [0.15, 0.2) is 40.4 Å². The van der Waals surface area contributed by atoms with Crippen molar-refractivity contribution in [2.45, 2.75) is 38.3 Å². The van der Waals surface area contributed by atoms with Crippen LogP contribution < -0.4 is 15.4 Å². The molecule has 0 aliphatic carbocycles. The quantitative estimate of drug-likeness (QED) is 0.521. The molecule has 2 aromatic heterocycles. The molecular weight excluding hydrogens is 452 g/mol. The van der Waals surface area contributed by atoms with Crippen molar-refractivity contribution >= 4 is 23.5 Å². The highest BCUT2D eigenvalue weighted by molar-refractivity contribution is 7.03. The molecule has 1 amide bonds. The number of rotatable bonds is 8. The van der Waals surface area contributed by atoms with Crippen molar-refractivity contribution in [2.24, 2.45) is 17.6 Å². The third-order valence-electron chi connectivity index (χ3n) is 6.99. The summed E-state index contributed by atoms with van der Waals surface area (Å²) in [4.78, 5) is 21.3. The van der Waals surface area contributed by atoms with E-state index in [1.54, 1.807) is 7.11 Å². The van der Waals surface area contributed by atoms with Gasteiger partial charge >= 0.3 is 6.01 Å². The first-order valence-corrected chi connectivity index (χ1v) is 12.6. The van der Waals surface area contributed by atoms with Crippen molar-refractivity contribution in [3.8, 4) is 17.1 Å². The van der Waals surface area contributed by atoms with E-state index in [0.717, 1.165) is 50.2 Å². The number of benzene rings is 1. The first kappa shape index (κ1) is 22.8. The topological polar surface area (TPSA) is 111 Å². The molecule has 2 saturated heterocycles. The number of piperidine rings is 1. The van der Waals surface area contributed by atoms with Gasteiger partial charge in [0, 0.05) is 48.7 Å². The normalized spacial score (nSPS) is 23.3. The Bertz CT molecular complexity index is 1090. The van der Waals surface area contributed by atoms with Crippen molar-refractivity contribution in [1.29, 1.82) is 0 Å². The zero-order valence-corrected chi connectivity index (χ0v) is 20.1. The third-order valence-corrected chi connectivity index (χ3v) is 7.63. The Morgan fingerprint density at radius 2 is 2.12 bits per heavy atom. The van der Waals surface area contributed by atoms with Gasteiger partial charge < -0.3 is 19.9 Å². The minimum absolute atomic E-state index is 0.111. The minimum Gasteiger partial charge on any atom is -0.497 e. The van der Waals surface area contributed by atoms with E-state index in [2.05, 4.69) is 24.7 Å². The SMILES string of the molecule is COc1ccc(-c2noc(N3CCC(C(N)=O)CC3CC3CCN(Cc4cnsc4)C3)n2)cc1. The Hall–Kier alpha value is -2.98. The van der Waals surface area contributed by atoms with Gasteiger partial charge in [-0.2, -0.15) is 4.98 Å². The lowest BCUT2D eigenvalue weighted by molar-refractivity contribution is -0.122. The van der Waals surface area contributed by atoms with Gasteiger partial charge in [0.15, 0.2) is 0 Å². The maximum absolute atomic E-state index is 12.0. The van der Waals surface area contributed by atoms with E-state index < -0.39 is 0 Å². The number of ether oxygens (including phenoxy) is 1. The van der Waals surface area contributed by atoms with E-state index in [9.17, 15) is 4.79 Å². The Balaban J connectivity index is 1.28. The lowest BCUT2D eigenvalue weighted by Crippen LogP contribution is -2.47. The largest absolute Gasteiger partial charge is 0.497 e. The summed E-state index contributed by atoms with van der Waals surface area (Å²) in [5.74, 6) is 1.55. The molecule has 5 rings (SSSR count). The molecule has 4 heterocycles. The van der Waals surface area contributed by atoms with Crippen LogP contribution in [-0.2, 0) is 11.3 Å². The number of nitrogens with two attached hydrogens (primary N) is 1. The molecule has 3 aromatic rings. The molecule has 0 spiro atoms. The monoisotopic (exact) mass is 482 g/mol. The zero-order chi connectivity index (χ0) is 23.5. The van der Waals surface area contributed by atoms with Crippen LogP contribution in [0.25, 0.3) is 11.4 Å². The average molecular weight is 483 g/mol. The summed E-state index contributed by atoms with van der Waals surface area (Å²) in [6, 6.07) is 8.25. The first-order chi connectivity index (χ1) is 16.6. The fourth-order valence-corrected chi connectivity index (χ4v) is 5.70. The summed E-state index contributed by atoms with van der Waals surface area (Å²) in [7, 11) is 1.64. The van der Waals surface area contributed by atoms with Crippen molar-refractivity contribution in [2.75, 3.05) is 31.6 Å². The Morgan fingerprint density at radius 3 is 2.85 bits per heavy atom. The van der Waals surface area contributed by atoms with Gasteiger partial charge in [0.1, 0.15) is 5.75 Å². The molecule has 1 aromatic carbocycles. The van der Waals surface area contributed by atoms with E-state index in [-0.39, 0.29) is 17.9 Å². The number of hydrogen-bond donors (Lipinski definition) is 1. The number of carbonyl (C=O) groups is 1. The highest BCUT2D eigenvalue weighted by Crippen LogP contribution is 2.34. The van der Waals surface area contributed by atoms with Crippen LogP contribution in [0.3, 0.4) is 0 Å². The molecular formula is C24H30N6O3S. The Kier molecular flexibility index (Phi) is 6.77. The summed E-state index contributed by atoms with van der Waals surface area (Å²) in [5.41, 5.74) is 7.83. The van der Waals surface area contributed by atoms with Crippen LogP contribution in [0.1, 0.15) is 31.2 Å². The summed E-state index contributed by atoms with van der Waals surface area (Å²) in [6.45, 7) is 3.75. The number of methoxy groups -OCH3 is 1. The average Bonchev–Trinajstić information content (AvgIpc) is 3.62. The van der Waals surface area contributed by atoms with Crippen LogP contribution in [0, 0.1) is 11.8 Å². The number of amides is 1. The van der Waals surface area contributed by atoms with Crippen molar-refractivity contribution in [3.05, 3.63) is 41.4 Å². The smallest absolute Gasteiger partial charge is 0.324 e. The van der Waals surface area contributed by atoms with Gasteiger partial charge in [-0.25, -0.2) is 4.37 Å². The van der Waals surface area contributed by atoms with E-state index in [0.29, 0.717) is 30.7 Å². The van der Waals surface area contributed by atoms with Gasteiger partial charge in [0.05, 0.1) is 7.11 Å². The van der Waals surface area contributed by atoms with E-state index in [4.69, 9.17) is 20.0 Å².